The van der Waals surface area contributed by atoms with Crippen molar-refractivity contribution in [3.05, 3.63) is 47.6 Å². The Balaban J connectivity index is 2.01. The molecule has 1 atom stereocenters. The van der Waals surface area contributed by atoms with E-state index in [0.717, 1.165) is 30.5 Å². The second-order valence-corrected chi connectivity index (χ2v) is 7.09. The van der Waals surface area contributed by atoms with Gasteiger partial charge in [0.25, 0.3) is 0 Å². The maximum Gasteiger partial charge on any atom is 0.191 e. The van der Waals surface area contributed by atoms with Crippen LogP contribution in [0.2, 0.25) is 0 Å². The molecule has 6 heteroatoms. The van der Waals surface area contributed by atoms with Crippen molar-refractivity contribution in [2.24, 2.45) is 10.9 Å². The van der Waals surface area contributed by atoms with Gasteiger partial charge in [-0.1, -0.05) is 38.9 Å². The third-order valence-corrected chi connectivity index (χ3v) is 4.31. The van der Waals surface area contributed by atoms with Crippen LogP contribution in [-0.4, -0.2) is 29.2 Å². The van der Waals surface area contributed by atoms with Gasteiger partial charge < -0.3 is 15.2 Å². The van der Waals surface area contributed by atoms with E-state index in [1.54, 1.807) is 0 Å². The molecule has 2 rings (SSSR count). The molecular weight excluding hydrogens is 326 g/mol. The van der Waals surface area contributed by atoms with Crippen molar-refractivity contribution in [2.45, 2.75) is 53.0 Å². The monoisotopic (exact) mass is 357 g/mol. The fraction of sp³-hybridized carbons (Fsp3) is 0.550. The smallest absolute Gasteiger partial charge is 0.191 e. The fourth-order valence-electron chi connectivity index (χ4n) is 2.71. The van der Waals surface area contributed by atoms with Gasteiger partial charge in [-0.25, -0.2) is 4.99 Å². The van der Waals surface area contributed by atoms with Gasteiger partial charge in [0.2, 0.25) is 0 Å². The van der Waals surface area contributed by atoms with E-state index in [4.69, 9.17) is 4.52 Å². The number of aliphatic imine (C=N–C) groups is 1. The van der Waals surface area contributed by atoms with Gasteiger partial charge in [-0.05, 0) is 30.4 Å². The molecule has 0 radical (unpaired) electrons. The Bertz CT molecular complexity index is 679. The number of hydrogen-bond donors (Lipinski definition) is 2. The molecular formula is C20H31N5O. The van der Waals surface area contributed by atoms with Crippen LogP contribution < -0.4 is 10.6 Å². The van der Waals surface area contributed by atoms with Gasteiger partial charge >= 0.3 is 0 Å². The van der Waals surface area contributed by atoms with Crippen molar-refractivity contribution >= 4 is 5.96 Å². The molecule has 0 aliphatic heterocycles. The Morgan fingerprint density at radius 1 is 1.23 bits per heavy atom. The van der Waals surface area contributed by atoms with Crippen LogP contribution in [0, 0.1) is 5.92 Å². The normalized spacial score (nSPS) is 13.3. The molecule has 0 saturated carbocycles. The highest BCUT2D eigenvalue weighted by Crippen LogP contribution is 2.22. The highest BCUT2D eigenvalue weighted by Gasteiger charge is 2.16. The number of pyridine rings is 1. The van der Waals surface area contributed by atoms with Crippen LogP contribution in [-0.2, 0) is 6.54 Å². The van der Waals surface area contributed by atoms with Crippen LogP contribution in [0.5, 0.6) is 0 Å². The van der Waals surface area contributed by atoms with Crippen LogP contribution in [0.3, 0.4) is 0 Å². The molecule has 2 N–H and O–H groups in total. The fourth-order valence-corrected chi connectivity index (χ4v) is 2.71. The van der Waals surface area contributed by atoms with Crippen LogP contribution in [0.25, 0.3) is 0 Å². The Labute approximate surface area is 156 Å². The largest absolute Gasteiger partial charge is 0.359 e. The summed E-state index contributed by atoms with van der Waals surface area (Å²) < 4.78 is 5.37. The molecule has 1 unspecified atom stereocenters. The summed E-state index contributed by atoms with van der Waals surface area (Å²) in [5.41, 5.74) is 2.20. The first-order valence-corrected chi connectivity index (χ1v) is 9.38. The van der Waals surface area contributed by atoms with Gasteiger partial charge in [-0.15, -0.1) is 0 Å². The highest BCUT2D eigenvalue weighted by molar-refractivity contribution is 5.79. The van der Waals surface area contributed by atoms with Crippen LogP contribution in [0.15, 0.2) is 40.1 Å². The second kappa shape index (κ2) is 9.94. The van der Waals surface area contributed by atoms with E-state index in [1.807, 2.05) is 24.5 Å². The molecule has 142 valence electrons. The molecule has 0 amide bonds. The average Bonchev–Trinajstić information content (AvgIpc) is 3.10. The van der Waals surface area contributed by atoms with E-state index < -0.39 is 0 Å². The molecule has 0 bridgehead atoms. The summed E-state index contributed by atoms with van der Waals surface area (Å²) in [6.45, 7) is 12.8. The summed E-state index contributed by atoms with van der Waals surface area (Å²) in [7, 11) is 0. The van der Waals surface area contributed by atoms with Gasteiger partial charge in [-0.3, -0.25) is 4.98 Å². The van der Waals surface area contributed by atoms with Crippen molar-refractivity contribution in [3.8, 4) is 0 Å². The maximum atomic E-state index is 5.37. The van der Waals surface area contributed by atoms with Gasteiger partial charge in [0.05, 0.1) is 5.69 Å². The van der Waals surface area contributed by atoms with Crippen molar-refractivity contribution in [2.75, 3.05) is 13.1 Å². The van der Waals surface area contributed by atoms with Gasteiger partial charge in [0.1, 0.15) is 6.54 Å². The lowest BCUT2D eigenvalue weighted by atomic mass is 9.89. The van der Waals surface area contributed by atoms with Crippen molar-refractivity contribution in [1.29, 1.82) is 0 Å². The van der Waals surface area contributed by atoms with Crippen molar-refractivity contribution < 1.29 is 4.52 Å². The molecule has 2 heterocycles. The standard InChI is InChI=1S/C20H31N5O/c1-6-22-20(23-12-17-10-19(15(4)5)25-26-17)24-13-18(14(2)3)16-8-7-9-21-11-16/h7-11,14-15,18H,6,12-13H2,1-5H3,(H2,22,23,24). The Morgan fingerprint density at radius 2 is 2.04 bits per heavy atom. The molecule has 2 aromatic rings. The third kappa shape index (κ3) is 5.86. The lowest BCUT2D eigenvalue weighted by Crippen LogP contribution is -2.40. The number of aromatic nitrogens is 2. The lowest BCUT2D eigenvalue weighted by Gasteiger charge is -2.22. The summed E-state index contributed by atoms with van der Waals surface area (Å²) in [4.78, 5) is 8.88. The first-order valence-electron chi connectivity index (χ1n) is 9.38. The Morgan fingerprint density at radius 3 is 2.62 bits per heavy atom. The van der Waals surface area contributed by atoms with Crippen LogP contribution >= 0.6 is 0 Å². The average molecular weight is 358 g/mol. The number of rotatable bonds is 8. The predicted molar refractivity (Wildman–Crippen MR) is 105 cm³/mol. The minimum atomic E-state index is 0.356. The molecule has 2 aromatic heterocycles. The molecule has 0 aliphatic carbocycles. The summed E-state index contributed by atoms with van der Waals surface area (Å²) in [6, 6.07) is 6.09. The summed E-state index contributed by atoms with van der Waals surface area (Å²) in [5, 5.41) is 10.8. The Hall–Kier alpha value is -2.37. The minimum absolute atomic E-state index is 0.356. The zero-order chi connectivity index (χ0) is 18.9. The molecule has 0 aromatic carbocycles. The lowest BCUT2D eigenvalue weighted by molar-refractivity contribution is 0.376. The minimum Gasteiger partial charge on any atom is -0.359 e. The first kappa shape index (κ1) is 19.9. The highest BCUT2D eigenvalue weighted by atomic mass is 16.5. The number of nitrogens with one attached hydrogen (secondary N) is 2. The van der Waals surface area contributed by atoms with Crippen molar-refractivity contribution in [3.63, 3.8) is 0 Å². The number of nitrogens with zero attached hydrogens (tertiary/aromatic N) is 3. The summed E-state index contributed by atoms with van der Waals surface area (Å²) in [5.74, 6) is 2.78. The summed E-state index contributed by atoms with van der Waals surface area (Å²) in [6.07, 6.45) is 3.75. The molecule has 6 nitrogen and oxygen atoms in total. The van der Waals surface area contributed by atoms with Gasteiger partial charge in [0.15, 0.2) is 11.7 Å². The van der Waals surface area contributed by atoms with Crippen LogP contribution in [0.4, 0.5) is 0 Å². The second-order valence-electron chi connectivity index (χ2n) is 7.09. The van der Waals surface area contributed by atoms with Crippen LogP contribution in [0.1, 0.15) is 63.5 Å². The van der Waals surface area contributed by atoms with Gasteiger partial charge in [0, 0.05) is 37.5 Å². The zero-order valence-electron chi connectivity index (χ0n) is 16.5. The molecule has 0 fully saturated rings. The quantitative estimate of drug-likeness (QED) is 0.557. The number of guanidine groups is 1. The first-order chi connectivity index (χ1) is 12.5. The third-order valence-electron chi connectivity index (χ3n) is 4.31. The zero-order valence-corrected chi connectivity index (χ0v) is 16.5. The van der Waals surface area contributed by atoms with Crippen molar-refractivity contribution in [1.82, 2.24) is 20.8 Å². The number of hydrogen-bond acceptors (Lipinski definition) is 4. The van der Waals surface area contributed by atoms with E-state index in [1.165, 1.54) is 5.56 Å². The maximum absolute atomic E-state index is 5.37. The van der Waals surface area contributed by atoms with E-state index in [9.17, 15) is 0 Å². The topological polar surface area (TPSA) is 75.3 Å². The van der Waals surface area contributed by atoms with E-state index in [-0.39, 0.29) is 0 Å². The van der Waals surface area contributed by atoms with E-state index in [2.05, 4.69) is 66.5 Å². The van der Waals surface area contributed by atoms with E-state index in [0.29, 0.717) is 24.3 Å². The van der Waals surface area contributed by atoms with Gasteiger partial charge in [-0.2, -0.15) is 0 Å². The predicted octanol–water partition coefficient (Wildman–Crippen LogP) is 3.69. The molecule has 0 aliphatic rings. The molecule has 26 heavy (non-hydrogen) atoms. The van der Waals surface area contributed by atoms with E-state index >= 15 is 0 Å². The molecule has 0 spiro atoms. The molecule has 0 saturated heterocycles. The summed E-state index contributed by atoms with van der Waals surface area (Å²) >= 11 is 0. The Kier molecular flexibility index (Phi) is 7.63. The SMILES string of the molecule is CCNC(=NCc1cc(C(C)C)no1)NCC(c1cccnc1)C(C)C.